The topological polar surface area (TPSA) is 52.4 Å². The van der Waals surface area contributed by atoms with Gasteiger partial charge in [0, 0.05) is 63.5 Å². The highest BCUT2D eigenvalue weighted by Gasteiger charge is 2.27. The predicted molar refractivity (Wildman–Crippen MR) is 99.0 cm³/mol. The highest BCUT2D eigenvalue weighted by molar-refractivity contribution is 5.15. The number of ether oxygens (including phenoxy) is 2. The molecule has 0 N–H and O–H groups in total. The second-order valence-corrected chi connectivity index (χ2v) is 7.32. The minimum absolute atomic E-state index is 0.301. The van der Waals surface area contributed by atoms with Gasteiger partial charge in [-0.2, -0.15) is 0 Å². The first-order chi connectivity index (χ1) is 12.8. The van der Waals surface area contributed by atoms with E-state index >= 15 is 0 Å². The molecule has 6 heteroatoms. The van der Waals surface area contributed by atoms with Gasteiger partial charge < -0.3 is 14.0 Å². The number of hydrogen-bond acceptors (Lipinski definition) is 5. The lowest BCUT2D eigenvalue weighted by molar-refractivity contribution is 0.0224. The van der Waals surface area contributed by atoms with Crippen molar-refractivity contribution >= 4 is 0 Å². The molecule has 0 amide bonds. The summed E-state index contributed by atoms with van der Waals surface area (Å²) in [6.45, 7) is 5.76. The number of pyridine rings is 1. The summed E-state index contributed by atoms with van der Waals surface area (Å²) in [5, 5.41) is 0. The molecule has 0 saturated carbocycles. The third kappa shape index (κ3) is 4.90. The van der Waals surface area contributed by atoms with E-state index in [2.05, 4.69) is 31.6 Å². The molecule has 2 aromatic heterocycles. The monoisotopic (exact) mass is 356 g/mol. The van der Waals surface area contributed by atoms with Gasteiger partial charge in [0.1, 0.15) is 0 Å². The van der Waals surface area contributed by atoms with Crippen LogP contribution < -0.4 is 0 Å². The molecular formula is C20H28N4O2. The Balaban J connectivity index is 1.24. The number of aromatic nitrogens is 3. The second-order valence-electron chi connectivity index (χ2n) is 7.32. The van der Waals surface area contributed by atoms with E-state index in [9.17, 15) is 0 Å². The Labute approximate surface area is 155 Å². The van der Waals surface area contributed by atoms with Gasteiger partial charge in [-0.1, -0.05) is 6.07 Å². The summed E-state index contributed by atoms with van der Waals surface area (Å²) in [5.74, 6) is 0. The van der Waals surface area contributed by atoms with E-state index < -0.39 is 0 Å². The normalized spacial score (nSPS) is 24.6. The molecule has 4 heterocycles. The van der Waals surface area contributed by atoms with Gasteiger partial charge in [0.2, 0.25) is 0 Å². The molecule has 0 bridgehead atoms. The Morgan fingerprint density at radius 2 is 2.08 bits per heavy atom. The minimum Gasteiger partial charge on any atom is -0.380 e. The molecule has 2 aromatic rings. The van der Waals surface area contributed by atoms with E-state index in [4.69, 9.17) is 9.47 Å². The lowest BCUT2D eigenvalue weighted by Gasteiger charge is -2.23. The lowest BCUT2D eigenvalue weighted by Crippen LogP contribution is -2.34. The van der Waals surface area contributed by atoms with Gasteiger partial charge in [-0.05, 0) is 30.9 Å². The average Bonchev–Trinajstić information content (AvgIpc) is 3.24. The van der Waals surface area contributed by atoms with E-state index in [1.807, 2.05) is 18.7 Å². The maximum Gasteiger partial charge on any atom is 0.0949 e. The van der Waals surface area contributed by atoms with Crippen LogP contribution in [0.4, 0.5) is 0 Å². The van der Waals surface area contributed by atoms with Crippen molar-refractivity contribution in [1.29, 1.82) is 0 Å². The summed E-state index contributed by atoms with van der Waals surface area (Å²) in [6.07, 6.45) is 12.6. The van der Waals surface area contributed by atoms with Crippen LogP contribution in [0.3, 0.4) is 0 Å². The van der Waals surface area contributed by atoms with Crippen molar-refractivity contribution in [2.24, 2.45) is 0 Å². The average molecular weight is 356 g/mol. The SMILES string of the molecule is c1cn(Cc2ccc(C[C@@H]3CC[C@H](CN4CCCOCC4)O3)nc2)cn1. The molecule has 2 atom stereocenters. The highest BCUT2D eigenvalue weighted by atomic mass is 16.5. The third-order valence-corrected chi connectivity index (χ3v) is 5.22. The Morgan fingerprint density at radius 1 is 1.12 bits per heavy atom. The maximum atomic E-state index is 6.29. The minimum atomic E-state index is 0.301. The van der Waals surface area contributed by atoms with Crippen molar-refractivity contribution in [2.75, 3.05) is 32.8 Å². The molecule has 2 saturated heterocycles. The first-order valence-corrected chi connectivity index (χ1v) is 9.70. The van der Waals surface area contributed by atoms with Crippen molar-refractivity contribution in [3.63, 3.8) is 0 Å². The molecule has 2 aliphatic heterocycles. The van der Waals surface area contributed by atoms with E-state index in [1.54, 1.807) is 6.20 Å². The van der Waals surface area contributed by atoms with Gasteiger partial charge >= 0.3 is 0 Å². The molecule has 26 heavy (non-hydrogen) atoms. The summed E-state index contributed by atoms with van der Waals surface area (Å²) >= 11 is 0. The van der Waals surface area contributed by atoms with Crippen molar-refractivity contribution in [3.05, 3.63) is 48.3 Å². The number of rotatable bonds is 6. The predicted octanol–water partition coefficient (Wildman–Crippen LogP) is 2.14. The quantitative estimate of drug-likeness (QED) is 0.794. The summed E-state index contributed by atoms with van der Waals surface area (Å²) in [6, 6.07) is 4.29. The number of imidazole rings is 1. The van der Waals surface area contributed by atoms with Gasteiger partial charge in [-0.15, -0.1) is 0 Å². The van der Waals surface area contributed by atoms with Crippen LogP contribution >= 0.6 is 0 Å². The molecule has 2 aliphatic rings. The van der Waals surface area contributed by atoms with Crippen molar-refractivity contribution < 1.29 is 9.47 Å². The second kappa shape index (κ2) is 8.75. The zero-order chi connectivity index (χ0) is 17.6. The van der Waals surface area contributed by atoms with Crippen LogP contribution in [0.5, 0.6) is 0 Å². The standard InChI is InChI=1S/C20H28N4O2/c1-7-23(9-11-25-10-1)15-20-5-4-19(26-20)12-18-3-2-17(13-22-18)14-24-8-6-21-16-24/h2-3,6,8,13,16,19-20H,1,4-5,7,9-12,14-15H2/t19-,20+/m0/s1. The van der Waals surface area contributed by atoms with Gasteiger partial charge in [-0.25, -0.2) is 4.98 Å². The fraction of sp³-hybridized carbons (Fsp3) is 0.600. The zero-order valence-corrected chi connectivity index (χ0v) is 15.3. The van der Waals surface area contributed by atoms with Crippen LogP contribution in [0.2, 0.25) is 0 Å². The van der Waals surface area contributed by atoms with Crippen LogP contribution in [0.25, 0.3) is 0 Å². The Bertz CT molecular complexity index is 651. The van der Waals surface area contributed by atoms with E-state index in [0.29, 0.717) is 12.2 Å². The van der Waals surface area contributed by atoms with E-state index in [0.717, 1.165) is 70.8 Å². The van der Waals surface area contributed by atoms with Crippen molar-refractivity contribution in [2.45, 2.75) is 44.4 Å². The van der Waals surface area contributed by atoms with E-state index in [-0.39, 0.29) is 0 Å². The van der Waals surface area contributed by atoms with E-state index in [1.165, 1.54) is 5.56 Å². The summed E-state index contributed by atoms with van der Waals surface area (Å²) in [5.41, 5.74) is 2.31. The Morgan fingerprint density at radius 3 is 2.92 bits per heavy atom. The first kappa shape index (κ1) is 17.6. The van der Waals surface area contributed by atoms with Crippen LogP contribution in [-0.4, -0.2) is 64.5 Å². The Kier molecular flexibility index (Phi) is 5.94. The number of hydrogen-bond donors (Lipinski definition) is 0. The number of nitrogens with zero attached hydrogens (tertiary/aromatic N) is 4. The van der Waals surface area contributed by atoms with Crippen molar-refractivity contribution in [1.82, 2.24) is 19.4 Å². The summed E-state index contributed by atoms with van der Waals surface area (Å²) < 4.78 is 13.9. The largest absolute Gasteiger partial charge is 0.380 e. The smallest absolute Gasteiger partial charge is 0.0949 e. The van der Waals surface area contributed by atoms with Gasteiger partial charge in [0.15, 0.2) is 0 Å². The summed E-state index contributed by atoms with van der Waals surface area (Å²) in [7, 11) is 0. The van der Waals surface area contributed by atoms with Gasteiger partial charge in [0.05, 0.1) is 25.1 Å². The molecule has 4 rings (SSSR count). The first-order valence-electron chi connectivity index (χ1n) is 9.70. The Hall–Kier alpha value is -1.76. The van der Waals surface area contributed by atoms with Crippen LogP contribution in [-0.2, 0) is 22.4 Å². The molecule has 140 valence electrons. The molecule has 0 aliphatic carbocycles. The van der Waals surface area contributed by atoms with Crippen molar-refractivity contribution in [3.8, 4) is 0 Å². The maximum absolute atomic E-state index is 6.29. The van der Waals surface area contributed by atoms with Gasteiger partial charge in [-0.3, -0.25) is 9.88 Å². The van der Waals surface area contributed by atoms with Crippen LogP contribution in [0.15, 0.2) is 37.1 Å². The molecule has 6 nitrogen and oxygen atoms in total. The molecule has 0 spiro atoms. The fourth-order valence-electron chi connectivity index (χ4n) is 3.83. The fourth-order valence-corrected chi connectivity index (χ4v) is 3.83. The third-order valence-electron chi connectivity index (χ3n) is 5.22. The lowest BCUT2D eigenvalue weighted by atomic mass is 10.1. The molecule has 0 unspecified atom stereocenters. The zero-order valence-electron chi connectivity index (χ0n) is 15.3. The van der Waals surface area contributed by atoms with Gasteiger partial charge in [0.25, 0.3) is 0 Å². The van der Waals surface area contributed by atoms with Crippen LogP contribution in [0, 0.1) is 0 Å². The summed E-state index contributed by atoms with van der Waals surface area (Å²) in [4.78, 5) is 11.2. The molecule has 2 fully saturated rings. The van der Waals surface area contributed by atoms with Crippen LogP contribution in [0.1, 0.15) is 30.5 Å². The molecule has 0 aromatic carbocycles. The highest BCUT2D eigenvalue weighted by Crippen LogP contribution is 2.23. The molecular weight excluding hydrogens is 328 g/mol. The molecule has 0 radical (unpaired) electrons.